The third-order valence-corrected chi connectivity index (χ3v) is 1.67. The van der Waals surface area contributed by atoms with Gasteiger partial charge in [-0.25, -0.2) is 0 Å². The zero-order valence-corrected chi connectivity index (χ0v) is 6.73. The number of nitrogens with two attached hydrogens (primary N) is 1. The van der Waals surface area contributed by atoms with Crippen LogP contribution in [0.2, 0.25) is 0 Å². The van der Waals surface area contributed by atoms with Crippen LogP contribution >= 0.6 is 0 Å². The average molecular weight is 163 g/mol. The van der Waals surface area contributed by atoms with Crippen LogP contribution in [0.3, 0.4) is 0 Å². The zero-order chi connectivity index (χ0) is 7.82. The van der Waals surface area contributed by atoms with E-state index in [0.29, 0.717) is 13.0 Å². The predicted octanol–water partition coefficient (Wildman–Crippen LogP) is 0.187. The second-order valence-electron chi connectivity index (χ2n) is 2.07. The van der Waals surface area contributed by atoms with Crippen LogP contribution in [-0.4, -0.2) is 20.3 Å². The van der Waals surface area contributed by atoms with Gasteiger partial charge in [-0.2, -0.15) is 8.42 Å². The summed E-state index contributed by atoms with van der Waals surface area (Å²) in [6, 6.07) is 0. The van der Waals surface area contributed by atoms with Gasteiger partial charge in [-0.05, 0) is 25.8 Å². The first kappa shape index (κ1) is 9.65. The molecule has 0 amide bonds. The Morgan fingerprint density at radius 1 is 1.20 bits per heavy atom. The third-order valence-electron chi connectivity index (χ3n) is 1.16. The molecule has 0 heterocycles. The summed E-state index contributed by atoms with van der Waals surface area (Å²) in [7, 11) is -1.98. The maximum atomic E-state index is 9.95. The van der Waals surface area contributed by atoms with Crippen LogP contribution in [0.25, 0.3) is 0 Å². The Morgan fingerprint density at radius 3 is 2.40 bits per heavy atom. The first-order valence-electron chi connectivity index (χ1n) is 3.39. The second-order valence-corrected chi connectivity index (χ2v) is 2.92. The van der Waals surface area contributed by atoms with Gasteiger partial charge in [-0.1, -0.05) is 6.42 Å². The second kappa shape index (κ2) is 6.77. The lowest BCUT2D eigenvalue weighted by Crippen LogP contribution is -1.97. The van der Waals surface area contributed by atoms with Gasteiger partial charge < -0.3 is 5.73 Å². The van der Waals surface area contributed by atoms with Crippen molar-refractivity contribution >= 4 is 15.7 Å². The van der Waals surface area contributed by atoms with E-state index in [4.69, 9.17) is 5.73 Å². The quantitative estimate of drug-likeness (QED) is 0.465. The molecule has 10 heavy (non-hydrogen) atoms. The molecule has 0 aliphatic carbocycles. The van der Waals surface area contributed by atoms with Gasteiger partial charge in [0.1, 0.15) is 0 Å². The van der Waals surface area contributed by atoms with Crippen LogP contribution in [0.4, 0.5) is 0 Å². The van der Waals surface area contributed by atoms with Crippen LogP contribution in [0, 0.1) is 0 Å². The standard InChI is InChI=1S/C6H13NO2S/c7-5-3-1-2-4-6-10(8)9/h6H,1-5,7H2. The van der Waals surface area contributed by atoms with Crippen molar-refractivity contribution in [2.45, 2.75) is 25.7 Å². The summed E-state index contributed by atoms with van der Waals surface area (Å²) in [6.45, 7) is 0.695. The van der Waals surface area contributed by atoms with Crippen LogP contribution in [0.5, 0.6) is 0 Å². The molecule has 0 aromatic carbocycles. The third kappa shape index (κ3) is 7.65. The fourth-order valence-electron chi connectivity index (χ4n) is 0.645. The Balaban J connectivity index is 3.14. The number of hydrogen-bond donors (Lipinski definition) is 1. The van der Waals surface area contributed by atoms with Crippen molar-refractivity contribution in [1.29, 1.82) is 0 Å². The highest BCUT2D eigenvalue weighted by atomic mass is 32.2. The van der Waals surface area contributed by atoms with E-state index in [1.54, 1.807) is 0 Å². The molecule has 0 bridgehead atoms. The van der Waals surface area contributed by atoms with Gasteiger partial charge in [-0.3, -0.25) is 0 Å². The molecule has 0 aliphatic heterocycles. The van der Waals surface area contributed by atoms with Crippen molar-refractivity contribution in [2.24, 2.45) is 5.73 Å². The lowest BCUT2D eigenvalue weighted by atomic mass is 10.2. The smallest absolute Gasteiger partial charge is 0.209 e. The Kier molecular flexibility index (Phi) is 6.53. The zero-order valence-electron chi connectivity index (χ0n) is 5.91. The molecule has 0 fully saturated rings. The van der Waals surface area contributed by atoms with Crippen molar-refractivity contribution in [2.75, 3.05) is 6.54 Å². The van der Waals surface area contributed by atoms with E-state index in [-0.39, 0.29) is 0 Å². The molecule has 0 spiro atoms. The van der Waals surface area contributed by atoms with Crippen molar-refractivity contribution in [3.63, 3.8) is 0 Å². The van der Waals surface area contributed by atoms with Gasteiger partial charge in [0.25, 0.3) is 0 Å². The first-order valence-corrected chi connectivity index (χ1v) is 4.52. The van der Waals surface area contributed by atoms with E-state index >= 15 is 0 Å². The maximum Gasteiger partial charge on any atom is 0.209 e. The summed E-state index contributed by atoms with van der Waals surface area (Å²) >= 11 is 0. The van der Waals surface area contributed by atoms with E-state index in [2.05, 4.69) is 0 Å². The molecule has 3 nitrogen and oxygen atoms in total. The monoisotopic (exact) mass is 163 g/mol. The summed E-state index contributed by atoms with van der Waals surface area (Å²) in [5.74, 6) is 0. The molecule has 2 N–H and O–H groups in total. The van der Waals surface area contributed by atoms with E-state index in [1.165, 1.54) is 5.37 Å². The number of hydrogen-bond acceptors (Lipinski definition) is 3. The van der Waals surface area contributed by atoms with Crippen molar-refractivity contribution in [3.8, 4) is 0 Å². The summed E-state index contributed by atoms with van der Waals surface area (Å²) in [5, 5.41) is 1.29. The molecule has 0 rings (SSSR count). The van der Waals surface area contributed by atoms with Crippen molar-refractivity contribution in [3.05, 3.63) is 0 Å². The van der Waals surface area contributed by atoms with Crippen molar-refractivity contribution < 1.29 is 8.42 Å². The minimum Gasteiger partial charge on any atom is -0.330 e. The summed E-state index contributed by atoms with van der Waals surface area (Å²) in [6.07, 6.45) is 3.57. The summed E-state index contributed by atoms with van der Waals surface area (Å²) in [4.78, 5) is 0. The molecule has 0 saturated carbocycles. The molecule has 0 aromatic rings. The van der Waals surface area contributed by atoms with Gasteiger partial charge in [-0.15, -0.1) is 0 Å². The molecule has 0 saturated heterocycles. The fourth-order valence-corrected chi connectivity index (χ4v) is 1.00. The molecular formula is C6H13NO2S. The van der Waals surface area contributed by atoms with Gasteiger partial charge in [0.2, 0.25) is 10.3 Å². The molecular weight excluding hydrogens is 150 g/mol. The fraction of sp³-hybridized carbons (Fsp3) is 0.833. The van der Waals surface area contributed by atoms with Gasteiger partial charge in [0.05, 0.1) is 0 Å². The van der Waals surface area contributed by atoms with Crippen LogP contribution in [0.15, 0.2) is 0 Å². The highest BCUT2D eigenvalue weighted by Gasteiger charge is 1.84. The summed E-state index contributed by atoms with van der Waals surface area (Å²) < 4.78 is 19.9. The molecule has 0 aromatic heterocycles. The largest absolute Gasteiger partial charge is 0.330 e. The Morgan fingerprint density at radius 2 is 1.90 bits per heavy atom. The minimum atomic E-state index is -1.98. The molecule has 0 unspecified atom stereocenters. The van der Waals surface area contributed by atoms with E-state index < -0.39 is 10.3 Å². The van der Waals surface area contributed by atoms with E-state index in [9.17, 15) is 8.42 Å². The van der Waals surface area contributed by atoms with Crippen molar-refractivity contribution in [1.82, 2.24) is 0 Å². The SMILES string of the molecule is NCCCCCC=S(=O)=O. The Labute approximate surface area is 62.8 Å². The maximum absolute atomic E-state index is 9.95. The lowest BCUT2D eigenvalue weighted by Gasteiger charge is -1.91. The topological polar surface area (TPSA) is 60.2 Å². The first-order chi connectivity index (χ1) is 4.77. The highest BCUT2D eigenvalue weighted by Crippen LogP contribution is 1.94. The van der Waals surface area contributed by atoms with Gasteiger partial charge >= 0.3 is 0 Å². The Bertz CT molecular complexity index is 176. The van der Waals surface area contributed by atoms with Crippen LogP contribution in [0.1, 0.15) is 25.7 Å². The number of rotatable bonds is 5. The molecule has 0 radical (unpaired) electrons. The predicted molar refractivity (Wildman–Crippen MR) is 42.5 cm³/mol. The highest BCUT2D eigenvalue weighted by molar-refractivity contribution is 7.71. The van der Waals surface area contributed by atoms with E-state index in [1.807, 2.05) is 0 Å². The summed E-state index contributed by atoms with van der Waals surface area (Å²) in [5.41, 5.74) is 5.24. The van der Waals surface area contributed by atoms with E-state index in [0.717, 1.165) is 19.3 Å². The average Bonchev–Trinajstić information content (AvgIpc) is 1.87. The lowest BCUT2D eigenvalue weighted by molar-refractivity contribution is 0.626. The molecule has 0 aliphatic rings. The molecule has 60 valence electrons. The minimum absolute atomic E-state index is 0.649. The van der Waals surface area contributed by atoms with Gasteiger partial charge in [0.15, 0.2) is 0 Å². The normalized spacial score (nSPS) is 9.30. The van der Waals surface area contributed by atoms with Crippen LogP contribution in [-0.2, 0) is 10.3 Å². The Hall–Kier alpha value is -0.350. The molecule has 0 atom stereocenters. The van der Waals surface area contributed by atoms with Gasteiger partial charge in [0, 0.05) is 5.37 Å². The molecule has 4 heteroatoms. The van der Waals surface area contributed by atoms with Crippen LogP contribution < -0.4 is 5.73 Å². The number of unbranched alkanes of at least 4 members (excludes halogenated alkanes) is 3.